The highest BCUT2D eigenvalue weighted by Crippen LogP contribution is 2.27. The number of nitrogen functional groups attached to an aromatic ring is 1. The Hall–Kier alpha value is -1.07. The van der Waals surface area contributed by atoms with E-state index in [4.69, 9.17) is 23.2 Å². The van der Waals surface area contributed by atoms with Gasteiger partial charge in [0.15, 0.2) is 0 Å². The summed E-state index contributed by atoms with van der Waals surface area (Å²) in [4.78, 5) is 1.27. The van der Waals surface area contributed by atoms with Crippen LogP contribution in [0.5, 0.6) is 0 Å². The minimum Gasteiger partial charge on any atom is -0.398 e. The highest BCUT2D eigenvalue weighted by molar-refractivity contribution is 7.09. The van der Waals surface area contributed by atoms with Crippen molar-refractivity contribution in [2.24, 2.45) is 5.84 Å². The lowest BCUT2D eigenvalue weighted by molar-refractivity contribution is 0.557. The summed E-state index contributed by atoms with van der Waals surface area (Å²) in [6.07, 6.45) is 0.819. The number of benzene rings is 1. The first-order valence-corrected chi connectivity index (χ1v) is 6.50. The lowest BCUT2D eigenvalue weighted by atomic mass is 10.0. The van der Waals surface area contributed by atoms with Crippen LogP contribution in [-0.2, 0) is 6.42 Å². The zero-order valence-electron chi connectivity index (χ0n) is 9.19. The predicted octanol–water partition coefficient (Wildman–Crippen LogP) is 2.73. The zero-order chi connectivity index (χ0) is 12.3. The molecule has 5 heteroatoms. The van der Waals surface area contributed by atoms with Crippen molar-refractivity contribution < 1.29 is 0 Å². The van der Waals surface area contributed by atoms with E-state index in [0.29, 0.717) is 10.7 Å². The van der Waals surface area contributed by atoms with E-state index >= 15 is 0 Å². The van der Waals surface area contributed by atoms with Gasteiger partial charge in [-0.05, 0) is 29.1 Å². The molecule has 1 heterocycles. The molecule has 1 unspecified atom stereocenters. The van der Waals surface area contributed by atoms with Crippen molar-refractivity contribution in [2.75, 3.05) is 5.73 Å². The fourth-order valence-corrected chi connectivity index (χ4v) is 2.68. The molecule has 1 atom stereocenters. The standard InChI is InChI=1S/C12H14ClN3S/c13-8-3-4-10(11(14)6-8)12(16-15)7-9-2-1-5-17-9/h1-6,12,16H,7,14-15H2. The number of hydrogen-bond donors (Lipinski definition) is 3. The zero-order valence-corrected chi connectivity index (χ0v) is 10.8. The van der Waals surface area contributed by atoms with Crippen LogP contribution in [0.15, 0.2) is 35.7 Å². The maximum Gasteiger partial charge on any atom is 0.0528 e. The maximum atomic E-state index is 5.95. The van der Waals surface area contributed by atoms with Crippen molar-refractivity contribution in [1.82, 2.24) is 5.43 Å². The quantitative estimate of drug-likeness (QED) is 0.453. The summed E-state index contributed by atoms with van der Waals surface area (Å²) < 4.78 is 0. The van der Waals surface area contributed by atoms with Gasteiger partial charge in [0.05, 0.1) is 6.04 Å². The molecule has 0 bridgehead atoms. The van der Waals surface area contributed by atoms with Gasteiger partial charge < -0.3 is 5.73 Å². The van der Waals surface area contributed by atoms with Crippen LogP contribution in [0.4, 0.5) is 5.69 Å². The highest BCUT2D eigenvalue weighted by atomic mass is 35.5. The molecule has 0 fully saturated rings. The number of halogens is 1. The normalized spacial score (nSPS) is 12.6. The van der Waals surface area contributed by atoms with Crippen LogP contribution in [0, 0.1) is 0 Å². The Morgan fingerprint density at radius 2 is 2.18 bits per heavy atom. The topological polar surface area (TPSA) is 64.1 Å². The molecule has 90 valence electrons. The molecule has 0 saturated carbocycles. The van der Waals surface area contributed by atoms with Crippen LogP contribution in [0.3, 0.4) is 0 Å². The third-order valence-corrected chi connectivity index (χ3v) is 3.74. The molecule has 2 aromatic rings. The molecular formula is C12H14ClN3S. The van der Waals surface area contributed by atoms with Crippen LogP contribution in [-0.4, -0.2) is 0 Å². The molecule has 0 radical (unpaired) electrons. The molecule has 0 aliphatic rings. The van der Waals surface area contributed by atoms with E-state index in [1.807, 2.05) is 23.6 Å². The van der Waals surface area contributed by atoms with Gasteiger partial charge in [-0.1, -0.05) is 23.7 Å². The molecule has 1 aromatic heterocycles. The first kappa shape index (κ1) is 12.4. The average molecular weight is 268 g/mol. The largest absolute Gasteiger partial charge is 0.398 e. The summed E-state index contributed by atoms with van der Waals surface area (Å²) in [6.45, 7) is 0. The van der Waals surface area contributed by atoms with Crippen molar-refractivity contribution in [2.45, 2.75) is 12.5 Å². The Morgan fingerprint density at radius 1 is 1.35 bits per heavy atom. The van der Waals surface area contributed by atoms with Gasteiger partial charge in [0.1, 0.15) is 0 Å². The second kappa shape index (κ2) is 5.51. The Labute approximate surface area is 109 Å². The van der Waals surface area contributed by atoms with Gasteiger partial charge in [-0.25, -0.2) is 0 Å². The molecule has 1 aromatic carbocycles. The van der Waals surface area contributed by atoms with E-state index < -0.39 is 0 Å². The summed E-state index contributed by atoms with van der Waals surface area (Å²) in [5.74, 6) is 5.59. The van der Waals surface area contributed by atoms with E-state index in [9.17, 15) is 0 Å². The number of hydrogen-bond acceptors (Lipinski definition) is 4. The molecule has 0 aliphatic carbocycles. The summed E-state index contributed by atoms with van der Waals surface area (Å²) in [5, 5.41) is 2.69. The summed E-state index contributed by atoms with van der Waals surface area (Å²) in [7, 11) is 0. The molecule has 17 heavy (non-hydrogen) atoms. The Balaban J connectivity index is 2.23. The van der Waals surface area contributed by atoms with Crippen LogP contribution in [0.25, 0.3) is 0 Å². The van der Waals surface area contributed by atoms with Crippen LogP contribution < -0.4 is 17.0 Å². The Bertz CT molecular complexity index is 485. The van der Waals surface area contributed by atoms with Gasteiger partial charge in [-0.15, -0.1) is 11.3 Å². The minimum atomic E-state index is 0.00548. The number of rotatable bonds is 4. The van der Waals surface area contributed by atoms with Gasteiger partial charge in [0, 0.05) is 22.0 Å². The lowest BCUT2D eigenvalue weighted by Gasteiger charge is -2.17. The van der Waals surface area contributed by atoms with Gasteiger partial charge in [0.25, 0.3) is 0 Å². The predicted molar refractivity (Wildman–Crippen MR) is 74.0 cm³/mol. The molecule has 0 amide bonds. The lowest BCUT2D eigenvalue weighted by Crippen LogP contribution is -2.30. The van der Waals surface area contributed by atoms with E-state index in [2.05, 4.69) is 11.5 Å². The molecular weight excluding hydrogens is 254 g/mol. The van der Waals surface area contributed by atoms with E-state index in [1.165, 1.54) is 4.88 Å². The SMILES string of the molecule is NNC(Cc1cccs1)c1ccc(Cl)cc1N. The highest BCUT2D eigenvalue weighted by Gasteiger charge is 2.14. The Kier molecular flexibility index (Phi) is 4.02. The second-order valence-electron chi connectivity index (χ2n) is 3.78. The van der Waals surface area contributed by atoms with E-state index in [0.717, 1.165) is 12.0 Å². The van der Waals surface area contributed by atoms with Gasteiger partial charge in [-0.2, -0.15) is 0 Å². The van der Waals surface area contributed by atoms with E-state index in [1.54, 1.807) is 17.4 Å². The number of thiophene rings is 1. The second-order valence-corrected chi connectivity index (χ2v) is 5.24. The number of anilines is 1. The number of hydrazine groups is 1. The summed E-state index contributed by atoms with van der Waals surface area (Å²) in [5.41, 5.74) is 10.4. The van der Waals surface area contributed by atoms with Crippen LogP contribution in [0.2, 0.25) is 5.02 Å². The van der Waals surface area contributed by atoms with Crippen molar-refractivity contribution in [3.8, 4) is 0 Å². The van der Waals surface area contributed by atoms with Crippen LogP contribution in [0.1, 0.15) is 16.5 Å². The summed E-state index contributed by atoms with van der Waals surface area (Å²) >= 11 is 7.59. The number of nitrogens with two attached hydrogens (primary N) is 2. The van der Waals surface area contributed by atoms with Crippen LogP contribution >= 0.6 is 22.9 Å². The first-order chi connectivity index (χ1) is 8.20. The molecule has 5 N–H and O–H groups in total. The van der Waals surface area contributed by atoms with Crippen molar-refractivity contribution >= 4 is 28.6 Å². The fraction of sp³-hybridized carbons (Fsp3) is 0.167. The van der Waals surface area contributed by atoms with Gasteiger partial charge >= 0.3 is 0 Å². The van der Waals surface area contributed by atoms with Crippen molar-refractivity contribution in [3.05, 3.63) is 51.2 Å². The van der Waals surface area contributed by atoms with Crippen molar-refractivity contribution in [1.29, 1.82) is 0 Å². The molecule has 0 aliphatic heterocycles. The molecule has 0 saturated heterocycles. The molecule has 2 rings (SSSR count). The fourth-order valence-electron chi connectivity index (χ4n) is 1.75. The third-order valence-electron chi connectivity index (χ3n) is 2.61. The Morgan fingerprint density at radius 3 is 2.76 bits per heavy atom. The first-order valence-electron chi connectivity index (χ1n) is 5.24. The number of nitrogens with one attached hydrogen (secondary N) is 1. The molecule has 0 spiro atoms. The van der Waals surface area contributed by atoms with Gasteiger partial charge in [0.2, 0.25) is 0 Å². The third kappa shape index (κ3) is 2.98. The molecule has 3 nitrogen and oxygen atoms in total. The minimum absolute atomic E-state index is 0.00548. The van der Waals surface area contributed by atoms with Gasteiger partial charge in [-0.3, -0.25) is 11.3 Å². The summed E-state index contributed by atoms with van der Waals surface area (Å²) in [6, 6.07) is 9.60. The van der Waals surface area contributed by atoms with E-state index in [-0.39, 0.29) is 6.04 Å². The smallest absolute Gasteiger partial charge is 0.0528 e. The average Bonchev–Trinajstić information content (AvgIpc) is 2.79. The monoisotopic (exact) mass is 267 g/mol. The van der Waals surface area contributed by atoms with Crippen molar-refractivity contribution in [3.63, 3.8) is 0 Å². The maximum absolute atomic E-state index is 5.95.